The van der Waals surface area contributed by atoms with Gasteiger partial charge in [-0.15, -0.1) is 0 Å². The van der Waals surface area contributed by atoms with Crippen LogP contribution in [-0.2, 0) is 6.54 Å². The summed E-state index contributed by atoms with van der Waals surface area (Å²) in [5.41, 5.74) is 3.82. The summed E-state index contributed by atoms with van der Waals surface area (Å²) in [5, 5.41) is 6.13. The number of rotatable bonds is 3. The smallest absolute Gasteiger partial charge is 0.0885 e. The lowest BCUT2D eigenvalue weighted by molar-refractivity contribution is 0.693. The van der Waals surface area contributed by atoms with Crippen LogP contribution in [-0.4, -0.2) is 19.7 Å². The molecule has 112 valence electrons. The number of aromatic nitrogens is 4. The molecule has 0 spiro atoms. The molecule has 0 unspecified atom stereocenters. The van der Waals surface area contributed by atoms with E-state index in [0.717, 1.165) is 27.9 Å². The summed E-state index contributed by atoms with van der Waals surface area (Å²) >= 11 is 6.00. The molecule has 4 nitrogen and oxygen atoms in total. The van der Waals surface area contributed by atoms with Gasteiger partial charge in [-0.2, -0.15) is 5.10 Å². The molecule has 0 radical (unpaired) electrons. The molecule has 2 aromatic heterocycles. The second-order valence-corrected chi connectivity index (χ2v) is 5.70. The molecule has 0 aliphatic heterocycles. The largest absolute Gasteiger partial charge is 0.259 e. The molecule has 2 heterocycles. The number of halogens is 1. The zero-order valence-electron chi connectivity index (χ0n) is 12.2. The number of fused-ring (bicyclic) bond motifs is 1. The zero-order chi connectivity index (χ0) is 15.6. The van der Waals surface area contributed by atoms with Crippen molar-refractivity contribution >= 4 is 22.5 Å². The SMILES string of the molecule is Clc1ccc2c(cnn2Cc2cnc(-c3ccccc3)cn2)c1. The summed E-state index contributed by atoms with van der Waals surface area (Å²) < 4.78 is 1.90. The van der Waals surface area contributed by atoms with E-state index in [2.05, 4.69) is 15.1 Å². The minimum atomic E-state index is 0.577. The highest BCUT2D eigenvalue weighted by Gasteiger charge is 2.06. The summed E-state index contributed by atoms with van der Waals surface area (Å²) in [7, 11) is 0. The molecule has 0 bridgehead atoms. The van der Waals surface area contributed by atoms with Gasteiger partial charge in [0.25, 0.3) is 0 Å². The standard InChI is InChI=1S/C18H13ClN4/c19-15-6-7-18-14(8-15)9-22-23(18)12-16-10-21-17(11-20-16)13-4-2-1-3-5-13/h1-11H,12H2. The van der Waals surface area contributed by atoms with E-state index in [1.165, 1.54) is 0 Å². The molecule has 4 aromatic rings. The van der Waals surface area contributed by atoms with E-state index in [1.807, 2.05) is 59.4 Å². The number of nitrogens with zero attached hydrogens (tertiary/aromatic N) is 4. The maximum absolute atomic E-state index is 6.00. The normalized spacial score (nSPS) is 11.0. The van der Waals surface area contributed by atoms with Gasteiger partial charge in [-0.25, -0.2) is 0 Å². The van der Waals surface area contributed by atoms with Gasteiger partial charge in [0, 0.05) is 16.0 Å². The number of benzene rings is 2. The predicted molar refractivity (Wildman–Crippen MR) is 91.3 cm³/mol. The summed E-state index contributed by atoms with van der Waals surface area (Å²) in [5.74, 6) is 0. The molecule has 0 saturated heterocycles. The van der Waals surface area contributed by atoms with Gasteiger partial charge < -0.3 is 0 Å². The zero-order valence-corrected chi connectivity index (χ0v) is 13.0. The third kappa shape index (κ3) is 2.81. The van der Waals surface area contributed by atoms with Gasteiger partial charge in [-0.3, -0.25) is 14.6 Å². The number of hydrogen-bond acceptors (Lipinski definition) is 3. The van der Waals surface area contributed by atoms with Crippen LogP contribution in [0.2, 0.25) is 5.02 Å². The summed E-state index contributed by atoms with van der Waals surface area (Å²) in [6, 6.07) is 15.8. The van der Waals surface area contributed by atoms with Crippen LogP contribution in [0.1, 0.15) is 5.69 Å². The van der Waals surface area contributed by atoms with Crippen LogP contribution in [0.4, 0.5) is 0 Å². The second kappa shape index (κ2) is 5.82. The average Bonchev–Trinajstić information content (AvgIpc) is 2.98. The first kappa shape index (κ1) is 13.9. The predicted octanol–water partition coefficient (Wildman–Crippen LogP) is 4.20. The lowest BCUT2D eigenvalue weighted by atomic mass is 10.2. The summed E-state index contributed by atoms with van der Waals surface area (Å²) in [6.07, 6.45) is 5.41. The van der Waals surface area contributed by atoms with Gasteiger partial charge in [0.15, 0.2) is 0 Å². The Hall–Kier alpha value is -2.72. The minimum Gasteiger partial charge on any atom is -0.259 e. The first-order valence-corrected chi connectivity index (χ1v) is 7.65. The molecule has 0 saturated carbocycles. The van der Waals surface area contributed by atoms with Crippen LogP contribution in [0.25, 0.3) is 22.2 Å². The summed E-state index contributed by atoms with van der Waals surface area (Å²) in [4.78, 5) is 9.00. The molecule has 0 atom stereocenters. The van der Waals surface area contributed by atoms with E-state index in [4.69, 9.17) is 11.6 Å². The average molecular weight is 321 g/mol. The molecular weight excluding hydrogens is 308 g/mol. The van der Waals surface area contributed by atoms with Gasteiger partial charge in [-0.1, -0.05) is 41.9 Å². The minimum absolute atomic E-state index is 0.577. The Kier molecular flexibility index (Phi) is 3.52. The Balaban J connectivity index is 1.61. The third-order valence-electron chi connectivity index (χ3n) is 3.69. The quantitative estimate of drug-likeness (QED) is 0.568. The maximum atomic E-state index is 6.00. The molecule has 0 fully saturated rings. The van der Waals surface area contributed by atoms with Crippen molar-refractivity contribution in [2.75, 3.05) is 0 Å². The highest BCUT2D eigenvalue weighted by molar-refractivity contribution is 6.31. The van der Waals surface area contributed by atoms with Gasteiger partial charge in [0.2, 0.25) is 0 Å². The van der Waals surface area contributed by atoms with Crippen molar-refractivity contribution in [3.05, 3.63) is 77.8 Å². The van der Waals surface area contributed by atoms with Crippen molar-refractivity contribution in [2.45, 2.75) is 6.54 Å². The molecule has 0 amide bonds. The highest BCUT2D eigenvalue weighted by atomic mass is 35.5. The first-order chi connectivity index (χ1) is 11.3. The topological polar surface area (TPSA) is 43.6 Å². The fourth-order valence-electron chi connectivity index (χ4n) is 2.53. The molecular formula is C18H13ClN4. The van der Waals surface area contributed by atoms with Gasteiger partial charge in [0.05, 0.1) is 42.0 Å². The van der Waals surface area contributed by atoms with Crippen molar-refractivity contribution in [2.24, 2.45) is 0 Å². The van der Waals surface area contributed by atoms with Crippen LogP contribution in [0.5, 0.6) is 0 Å². The van der Waals surface area contributed by atoms with Crippen LogP contribution in [0.15, 0.2) is 67.1 Å². The van der Waals surface area contributed by atoms with Crippen LogP contribution in [0, 0.1) is 0 Å². The monoisotopic (exact) mass is 320 g/mol. The summed E-state index contributed by atoms with van der Waals surface area (Å²) in [6.45, 7) is 0.577. The Morgan fingerprint density at radius 1 is 0.913 bits per heavy atom. The van der Waals surface area contributed by atoms with Crippen molar-refractivity contribution in [1.29, 1.82) is 0 Å². The Bertz CT molecular complexity index is 946. The second-order valence-electron chi connectivity index (χ2n) is 5.26. The van der Waals surface area contributed by atoms with Gasteiger partial charge in [0.1, 0.15) is 0 Å². The molecule has 0 aliphatic carbocycles. The van der Waals surface area contributed by atoms with Gasteiger partial charge in [-0.05, 0) is 18.2 Å². The van der Waals surface area contributed by atoms with Crippen molar-refractivity contribution < 1.29 is 0 Å². The Morgan fingerprint density at radius 3 is 2.57 bits per heavy atom. The fraction of sp³-hybridized carbons (Fsp3) is 0.0556. The first-order valence-electron chi connectivity index (χ1n) is 7.27. The highest BCUT2D eigenvalue weighted by Crippen LogP contribution is 2.20. The van der Waals surface area contributed by atoms with Crippen molar-refractivity contribution in [3.8, 4) is 11.3 Å². The third-order valence-corrected chi connectivity index (χ3v) is 3.93. The lowest BCUT2D eigenvalue weighted by Gasteiger charge is -2.05. The Morgan fingerprint density at radius 2 is 1.78 bits per heavy atom. The fourth-order valence-corrected chi connectivity index (χ4v) is 2.71. The number of hydrogen-bond donors (Lipinski definition) is 0. The molecule has 0 aliphatic rings. The van der Waals surface area contributed by atoms with Crippen molar-refractivity contribution in [1.82, 2.24) is 19.7 Å². The van der Waals surface area contributed by atoms with E-state index in [1.54, 1.807) is 12.4 Å². The van der Waals surface area contributed by atoms with E-state index in [9.17, 15) is 0 Å². The molecule has 23 heavy (non-hydrogen) atoms. The van der Waals surface area contributed by atoms with Crippen LogP contribution in [0.3, 0.4) is 0 Å². The van der Waals surface area contributed by atoms with Gasteiger partial charge >= 0.3 is 0 Å². The van der Waals surface area contributed by atoms with Crippen LogP contribution >= 0.6 is 11.6 Å². The molecule has 5 heteroatoms. The lowest BCUT2D eigenvalue weighted by Crippen LogP contribution is -2.04. The maximum Gasteiger partial charge on any atom is 0.0885 e. The molecule has 2 aromatic carbocycles. The van der Waals surface area contributed by atoms with Crippen molar-refractivity contribution in [3.63, 3.8) is 0 Å². The van der Waals surface area contributed by atoms with E-state index in [-0.39, 0.29) is 0 Å². The molecule has 0 N–H and O–H groups in total. The van der Waals surface area contributed by atoms with E-state index in [0.29, 0.717) is 11.6 Å². The van der Waals surface area contributed by atoms with E-state index >= 15 is 0 Å². The Labute approximate surface area is 138 Å². The molecule has 4 rings (SSSR count). The van der Waals surface area contributed by atoms with Crippen LogP contribution < -0.4 is 0 Å². The van der Waals surface area contributed by atoms with E-state index < -0.39 is 0 Å².